The number of rotatable bonds is 50. The highest BCUT2D eigenvalue weighted by atomic mass is 16.6. The topological polar surface area (TPSA) is 78.9 Å². The molecule has 0 rings (SSSR count). The number of unbranched alkanes of at least 4 members (excludes halogenated alkanes) is 13. The van der Waals surface area contributed by atoms with Crippen molar-refractivity contribution < 1.29 is 28.6 Å². The van der Waals surface area contributed by atoms with Crippen LogP contribution in [-0.4, -0.2) is 37.2 Å². The molecule has 0 aromatic carbocycles. The van der Waals surface area contributed by atoms with E-state index in [0.717, 1.165) is 167 Å². The number of hydrogen-bond acceptors (Lipinski definition) is 6. The zero-order chi connectivity index (χ0) is 52.9. The smallest absolute Gasteiger partial charge is 0.306 e. The Bertz CT molecular complexity index is 1670. The van der Waals surface area contributed by atoms with Gasteiger partial charge in [0, 0.05) is 19.3 Å². The molecule has 0 bridgehead atoms. The van der Waals surface area contributed by atoms with Gasteiger partial charge in [-0.3, -0.25) is 14.4 Å². The molecule has 0 amide bonds. The van der Waals surface area contributed by atoms with E-state index >= 15 is 0 Å². The first-order valence-electron chi connectivity index (χ1n) is 29.0. The molecule has 0 fully saturated rings. The molecule has 0 spiro atoms. The summed E-state index contributed by atoms with van der Waals surface area (Å²) < 4.78 is 16.8. The number of ether oxygens (including phenoxy) is 3. The quantitative estimate of drug-likeness (QED) is 0.0261. The van der Waals surface area contributed by atoms with E-state index in [9.17, 15) is 14.4 Å². The van der Waals surface area contributed by atoms with Crippen LogP contribution in [0.1, 0.15) is 226 Å². The summed E-state index contributed by atoms with van der Waals surface area (Å²) in [7, 11) is 0. The number of carbonyl (C=O) groups excluding carboxylic acids is 3. The molecule has 0 aromatic rings. The van der Waals surface area contributed by atoms with E-state index in [1.165, 1.54) is 12.8 Å². The minimum absolute atomic E-state index is 0.115. The van der Waals surface area contributed by atoms with Crippen LogP contribution in [0.15, 0.2) is 158 Å². The van der Waals surface area contributed by atoms with Crippen molar-refractivity contribution in [2.75, 3.05) is 13.2 Å². The lowest BCUT2D eigenvalue weighted by molar-refractivity contribution is -0.167. The van der Waals surface area contributed by atoms with Crippen LogP contribution in [0.2, 0.25) is 0 Å². The molecule has 0 aromatic heterocycles. The van der Waals surface area contributed by atoms with E-state index < -0.39 is 6.10 Å². The van der Waals surface area contributed by atoms with E-state index in [1.807, 2.05) is 0 Å². The molecular weight excluding hydrogens is 901 g/mol. The van der Waals surface area contributed by atoms with Gasteiger partial charge in [-0.1, -0.05) is 224 Å². The molecule has 0 radical (unpaired) electrons. The number of hydrogen-bond donors (Lipinski definition) is 0. The minimum Gasteiger partial charge on any atom is -0.462 e. The number of esters is 3. The van der Waals surface area contributed by atoms with Gasteiger partial charge in [0.1, 0.15) is 13.2 Å². The van der Waals surface area contributed by atoms with E-state index in [0.29, 0.717) is 25.7 Å². The summed E-state index contributed by atoms with van der Waals surface area (Å²) in [6.45, 7) is 6.22. The summed E-state index contributed by atoms with van der Waals surface area (Å²) in [6, 6.07) is 0. The molecule has 408 valence electrons. The van der Waals surface area contributed by atoms with Crippen LogP contribution >= 0.6 is 0 Å². The summed E-state index contributed by atoms with van der Waals surface area (Å²) in [6.07, 6.45) is 86.6. The predicted octanol–water partition coefficient (Wildman–Crippen LogP) is 19.8. The second kappa shape index (κ2) is 59.6. The molecule has 0 aliphatic heterocycles. The Morgan fingerprint density at radius 3 is 0.795 bits per heavy atom. The van der Waals surface area contributed by atoms with Gasteiger partial charge in [-0.2, -0.15) is 0 Å². The third-order valence-electron chi connectivity index (χ3n) is 11.5. The van der Waals surface area contributed by atoms with Crippen LogP contribution in [0.25, 0.3) is 0 Å². The Balaban J connectivity index is 4.54. The normalized spacial score (nSPS) is 13.3. The second-order valence-corrected chi connectivity index (χ2v) is 18.4. The van der Waals surface area contributed by atoms with Gasteiger partial charge in [0.25, 0.3) is 0 Å². The maximum absolute atomic E-state index is 12.9. The molecule has 6 nitrogen and oxygen atoms in total. The maximum atomic E-state index is 12.9. The van der Waals surface area contributed by atoms with Gasteiger partial charge >= 0.3 is 17.9 Å². The van der Waals surface area contributed by atoms with E-state index in [-0.39, 0.29) is 31.1 Å². The van der Waals surface area contributed by atoms with Gasteiger partial charge < -0.3 is 14.2 Å². The van der Waals surface area contributed by atoms with Crippen molar-refractivity contribution in [3.05, 3.63) is 158 Å². The average Bonchev–Trinajstić information content (AvgIpc) is 3.39. The number of carbonyl (C=O) groups is 3. The zero-order valence-electron chi connectivity index (χ0n) is 46.6. The molecule has 73 heavy (non-hydrogen) atoms. The van der Waals surface area contributed by atoms with Gasteiger partial charge in [-0.15, -0.1) is 0 Å². The fourth-order valence-electron chi connectivity index (χ4n) is 7.27. The highest BCUT2D eigenvalue weighted by molar-refractivity contribution is 5.71. The molecule has 0 heterocycles. The largest absolute Gasteiger partial charge is 0.462 e. The average molecular weight is 1010 g/mol. The van der Waals surface area contributed by atoms with E-state index in [1.54, 1.807) is 0 Å². The Labute approximate surface area is 448 Å². The first kappa shape index (κ1) is 68.0. The molecule has 0 aliphatic rings. The highest BCUT2D eigenvalue weighted by Crippen LogP contribution is 2.13. The third kappa shape index (κ3) is 57.8. The van der Waals surface area contributed by atoms with Gasteiger partial charge in [0.05, 0.1) is 0 Å². The van der Waals surface area contributed by atoms with Crippen LogP contribution in [0.5, 0.6) is 0 Å². The van der Waals surface area contributed by atoms with Crippen LogP contribution in [-0.2, 0) is 28.6 Å². The lowest BCUT2D eigenvalue weighted by atomic mass is 10.1. The van der Waals surface area contributed by atoms with Crippen molar-refractivity contribution in [1.29, 1.82) is 0 Å². The number of allylic oxidation sites excluding steroid dienone is 26. The first-order valence-corrected chi connectivity index (χ1v) is 29.0. The first-order chi connectivity index (χ1) is 36.0. The minimum atomic E-state index is -0.820. The summed E-state index contributed by atoms with van der Waals surface area (Å²) >= 11 is 0. The fraction of sp³-hybridized carbons (Fsp3) is 0.567. The van der Waals surface area contributed by atoms with Crippen molar-refractivity contribution in [3.63, 3.8) is 0 Å². The molecule has 0 saturated carbocycles. The van der Waals surface area contributed by atoms with Crippen LogP contribution in [0, 0.1) is 0 Å². The maximum Gasteiger partial charge on any atom is 0.306 e. The molecular formula is C67H104O6. The zero-order valence-corrected chi connectivity index (χ0v) is 46.6. The summed E-state index contributed by atoms with van der Waals surface area (Å²) in [5, 5.41) is 0. The van der Waals surface area contributed by atoms with Gasteiger partial charge in [-0.05, 0) is 141 Å². The van der Waals surface area contributed by atoms with Gasteiger partial charge in [0.2, 0.25) is 0 Å². The van der Waals surface area contributed by atoms with E-state index in [2.05, 4.69) is 179 Å². The summed E-state index contributed by atoms with van der Waals surface area (Å²) in [4.78, 5) is 38.2. The Morgan fingerprint density at radius 1 is 0.274 bits per heavy atom. The fourth-order valence-corrected chi connectivity index (χ4v) is 7.27. The van der Waals surface area contributed by atoms with Crippen LogP contribution in [0.4, 0.5) is 0 Å². The molecule has 0 N–H and O–H groups in total. The van der Waals surface area contributed by atoms with Crippen LogP contribution in [0.3, 0.4) is 0 Å². The Kier molecular flexibility index (Phi) is 55.5. The molecule has 0 saturated heterocycles. The lowest BCUT2D eigenvalue weighted by Crippen LogP contribution is -2.30. The highest BCUT2D eigenvalue weighted by Gasteiger charge is 2.19. The van der Waals surface area contributed by atoms with Gasteiger partial charge in [-0.25, -0.2) is 0 Å². The monoisotopic (exact) mass is 1000 g/mol. The Hall–Kier alpha value is -4.97. The van der Waals surface area contributed by atoms with Crippen molar-refractivity contribution in [2.24, 2.45) is 0 Å². The molecule has 0 aliphatic carbocycles. The van der Waals surface area contributed by atoms with Gasteiger partial charge in [0.15, 0.2) is 6.10 Å². The molecule has 1 atom stereocenters. The SMILES string of the molecule is CC/C=C\C/C=C\C/C=C\C/C=C\C/C=C\CCCCCCCC(=O)OCC(COC(=O)CCCC/C=C\C/C=C\C/C=C\C/C=C\CC)OC(=O)CCCCCCCC/C=C\C/C=C\C/C=C\C/C=C\CC. The standard InChI is InChI=1S/C67H104O6/c1-4-7-10-13-16-19-22-25-28-30-32-33-35-36-39-42-45-48-51-54-57-60-66(69)72-63-64(62-71-65(68)59-56-53-50-47-44-41-38-27-24-21-18-15-12-9-6-3)73-67(70)61-58-55-52-49-46-43-40-37-34-31-29-26-23-20-17-14-11-8-5-2/h7-12,16-21,25-29,32-34,36-39,44,47,64H,4-6,13-15,22-24,30-31,35,40-43,45-46,48-63H2,1-3H3/b10-7-,11-8-,12-9-,19-16-,20-17-,21-18-,28-25-,29-26-,33-32-,37-34-,38-27-,39-36-,47-44-. The molecule has 6 heteroatoms. The predicted molar refractivity (Wildman–Crippen MR) is 315 cm³/mol. The van der Waals surface area contributed by atoms with Crippen molar-refractivity contribution in [1.82, 2.24) is 0 Å². The van der Waals surface area contributed by atoms with Crippen LogP contribution < -0.4 is 0 Å². The Morgan fingerprint density at radius 2 is 0.493 bits per heavy atom. The third-order valence-corrected chi connectivity index (χ3v) is 11.5. The summed E-state index contributed by atoms with van der Waals surface area (Å²) in [5.41, 5.74) is 0. The van der Waals surface area contributed by atoms with E-state index in [4.69, 9.17) is 14.2 Å². The van der Waals surface area contributed by atoms with Crippen molar-refractivity contribution in [3.8, 4) is 0 Å². The summed E-state index contributed by atoms with van der Waals surface area (Å²) in [5.74, 6) is -0.996. The lowest BCUT2D eigenvalue weighted by Gasteiger charge is -2.18. The van der Waals surface area contributed by atoms with Crippen molar-refractivity contribution in [2.45, 2.75) is 232 Å². The van der Waals surface area contributed by atoms with Crippen molar-refractivity contribution >= 4 is 17.9 Å². The second-order valence-electron chi connectivity index (χ2n) is 18.4. The molecule has 1 unspecified atom stereocenters.